The normalized spacial score (nSPS) is 9.53. The zero-order valence-electron chi connectivity index (χ0n) is 11.0. The molecular formula is C18H16O. The summed E-state index contributed by atoms with van der Waals surface area (Å²) >= 11 is 0. The highest BCUT2D eigenvalue weighted by Gasteiger charge is 2.11. The summed E-state index contributed by atoms with van der Waals surface area (Å²) in [6.45, 7) is 2.09. The lowest BCUT2D eigenvalue weighted by atomic mass is 9.98. The Morgan fingerprint density at radius 1 is 1.00 bits per heavy atom. The summed E-state index contributed by atoms with van der Waals surface area (Å²) in [6, 6.07) is 16.8. The van der Waals surface area contributed by atoms with Crippen LogP contribution < -0.4 is 0 Å². The van der Waals surface area contributed by atoms with Gasteiger partial charge in [0.05, 0.1) is 0 Å². The fraction of sp³-hybridized carbons (Fsp3) is 0.167. The molecule has 0 radical (unpaired) electrons. The van der Waals surface area contributed by atoms with Crippen molar-refractivity contribution in [3.05, 3.63) is 71.3 Å². The molecule has 0 N–H and O–H groups in total. The molecule has 1 heteroatoms. The second-order valence-corrected chi connectivity index (χ2v) is 4.29. The van der Waals surface area contributed by atoms with E-state index in [1.165, 1.54) is 0 Å². The van der Waals surface area contributed by atoms with Gasteiger partial charge in [-0.05, 0) is 18.6 Å². The van der Waals surface area contributed by atoms with Crippen LogP contribution in [0.15, 0.2) is 54.6 Å². The molecule has 0 aliphatic carbocycles. The Labute approximate surface area is 114 Å². The Hall–Kier alpha value is -2.33. The van der Waals surface area contributed by atoms with Crippen LogP contribution >= 0.6 is 0 Å². The average molecular weight is 248 g/mol. The molecule has 0 saturated heterocycles. The Balaban J connectivity index is 2.36. The molecule has 0 aromatic heterocycles. The first-order valence-electron chi connectivity index (χ1n) is 6.50. The molecule has 2 aromatic rings. The maximum atomic E-state index is 12.4. The summed E-state index contributed by atoms with van der Waals surface area (Å²) in [5, 5.41) is 0. The van der Waals surface area contributed by atoms with E-state index >= 15 is 0 Å². The second-order valence-electron chi connectivity index (χ2n) is 4.29. The van der Waals surface area contributed by atoms with E-state index in [9.17, 15) is 4.79 Å². The maximum absolute atomic E-state index is 12.4. The number of hydrogen-bond acceptors (Lipinski definition) is 1. The molecule has 0 saturated carbocycles. The summed E-state index contributed by atoms with van der Waals surface area (Å²) in [4.78, 5) is 12.4. The average Bonchev–Trinajstić information content (AvgIpc) is 2.48. The number of hydrogen-bond donors (Lipinski definition) is 0. The smallest absolute Gasteiger partial charge is 0.194 e. The SMILES string of the molecule is CCCC#Cc1ccccc1C(=O)c1ccccc1. The Morgan fingerprint density at radius 2 is 1.68 bits per heavy atom. The molecule has 2 rings (SSSR count). The predicted octanol–water partition coefficient (Wildman–Crippen LogP) is 4.07. The monoisotopic (exact) mass is 248 g/mol. The zero-order chi connectivity index (χ0) is 13.5. The predicted molar refractivity (Wildman–Crippen MR) is 78.1 cm³/mol. The van der Waals surface area contributed by atoms with Crippen LogP contribution in [-0.2, 0) is 0 Å². The van der Waals surface area contributed by atoms with E-state index < -0.39 is 0 Å². The zero-order valence-corrected chi connectivity index (χ0v) is 11.0. The first-order valence-corrected chi connectivity index (χ1v) is 6.50. The van der Waals surface area contributed by atoms with Crippen molar-refractivity contribution in [2.75, 3.05) is 0 Å². The number of ketones is 1. The molecule has 0 atom stereocenters. The van der Waals surface area contributed by atoms with Crippen molar-refractivity contribution in [2.24, 2.45) is 0 Å². The minimum atomic E-state index is 0.0296. The van der Waals surface area contributed by atoms with Crippen molar-refractivity contribution in [3.8, 4) is 11.8 Å². The van der Waals surface area contributed by atoms with Crippen LogP contribution in [0.5, 0.6) is 0 Å². The quantitative estimate of drug-likeness (QED) is 0.591. The van der Waals surface area contributed by atoms with Gasteiger partial charge in [0.2, 0.25) is 0 Å². The van der Waals surface area contributed by atoms with Gasteiger partial charge in [-0.15, -0.1) is 0 Å². The van der Waals surface area contributed by atoms with Gasteiger partial charge >= 0.3 is 0 Å². The van der Waals surface area contributed by atoms with Crippen LogP contribution in [0.1, 0.15) is 41.3 Å². The number of carbonyl (C=O) groups excluding carboxylic acids is 1. The van der Waals surface area contributed by atoms with Gasteiger partial charge in [-0.1, -0.05) is 61.2 Å². The van der Waals surface area contributed by atoms with Crippen LogP contribution in [-0.4, -0.2) is 5.78 Å². The van der Waals surface area contributed by atoms with E-state index in [0.29, 0.717) is 11.1 Å². The van der Waals surface area contributed by atoms with Crippen molar-refractivity contribution in [1.82, 2.24) is 0 Å². The highest BCUT2D eigenvalue weighted by atomic mass is 16.1. The maximum Gasteiger partial charge on any atom is 0.194 e. The van der Waals surface area contributed by atoms with Crippen LogP contribution in [0.4, 0.5) is 0 Å². The van der Waals surface area contributed by atoms with Crippen LogP contribution in [0.2, 0.25) is 0 Å². The van der Waals surface area contributed by atoms with Gasteiger partial charge in [0.25, 0.3) is 0 Å². The largest absolute Gasteiger partial charge is 0.289 e. The topological polar surface area (TPSA) is 17.1 Å². The van der Waals surface area contributed by atoms with Crippen LogP contribution in [0, 0.1) is 11.8 Å². The van der Waals surface area contributed by atoms with Crippen molar-refractivity contribution >= 4 is 5.78 Å². The Morgan fingerprint density at radius 3 is 2.42 bits per heavy atom. The highest BCUT2D eigenvalue weighted by Crippen LogP contribution is 2.13. The molecular weight excluding hydrogens is 232 g/mol. The number of carbonyl (C=O) groups is 1. The molecule has 2 aromatic carbocycles. The second kappa shape index (κ2) is 6.56. The van der Waals surface area contributed by atoms with Crippen LogP contribution in [0.25, 0.3) is 0 Å². The van der Waals surface area contributed by atoms with E-state index in [-0.39, 0.29) is 5.78 Å². The summed E-state index contributed by atoms with van der Waals surface area (Å²) < 4.78 is 0. The van der Waals surface area contributed by atoms with E-state index in [1.807, 2.05) is 54.6 Å². The number of unbranched alkanes of at least 4 members (excludes halogenated alkanes) is 1. The summed E-state index contributed by atoms with van der Waals surface area (Å²) in [6.07, 6.45) is 1.88. The number of rotatable bonds is 3. The third-order valence-corrected chi connectivity index (χ3v) is 2.81. The lowest BCUT2D eigenvalue weighted by Gasteiger charge is -2.03. The lowest BCUT2D eigenvalue weighted by molar-refractivity contribution is 0.103. The van der Waals surface area contributed by atoms with Gasteiger partial charge in [0, 0.05) is 23.1 Å². The van der Waals surface area contributed by atoms with Crippen molar-refractivity contribution in [1.29, 1.82) is 0 Å². The lowest BCUT2D eigenvalue weighted by Crippen LogP contribution is -2.03. The van der Waals surface area contributed by atoms with Gasteiger partial charge in [-0.3, -0.25) is 4.79 Å². The highest BCUT2D eigenvalue weighted by molar-refractivity contribution is 6.10. The third-order valence-electron chi connectivity index (χ3n) is 2.81. The van der Waals surface area contributed by atoms with Gasteiger partial charge in [-0.25, -0.2) is 0 Å². The van der Waals surface area contributed by atoms with E-state index in [0.717, 1.165) is 18.4 Å². The molecule has 19 heavy (non-hydrogen) atoms. The minimum Gasteiger partial charge on any atom is -0.289 e. The van der Waals surface area contributed by atoms with Gasteiger partial charge in [0.15, 0.2) is 5.78 Å². The number of benzene rings is 2. The standard InChI is InChI=1S/C18H16O/c1-2-3-5-10-15-11-8-9-14-17(15)18(19)16-12-6-4-7-13-16/h4,6-9,11-14H,2-3H2,1H3. The Bertz CT molecular complexity index is 615. The molecule has 0 fully saturated rings. The fourth-order valence-electron chi connectivity index (χ4n) is 1.82. The molecule has 0 amide bonds. The Kier molecular flexibility index (Phi) is 4.53. The summed E-state index contributed by atoms with van der Waals surface area (Å²) in [5.41, 5.74) is 2.19. The van der Waals surface area contributed by atoms with Gasteiger partial charge in [0.1, 0.15) is 0 Å². The first-order chi connectivity index (χ1) is 9.33. The molecule has 94 valence electrons. The fourth-order valence-corrected chi connectivity index (χ4v) is 1.82. The minimum absolute atomic E-state index is 0.0296. The summed E-state index contributed by atoms with van der Waals surface area (Å²) in [7, 11) is 0. The van der Waals surface area contributed by atoms with Crippen LogP contribution in [0.3, 0.4) is 0 Å². The van der Waals surface area contributed by atoms with E-state index in [2.05, 4.69) is 18.8 Å². The van der Waals surface area contributed by atoms with E-state index in [4.69, 9.17) is 0 Å². The van der Waals surface area contributed by atoms with Gasteiger partial charge < -0.3 is 0 Å². The molecule has 0 aliphatic heterocycles. The molecule has 0 spiro atoms. The molecule has 0 heterocycles. The molecule has 1 nitrogen and oxygen atoms in total. The van der Waals surface area contributed by atoms with Crippen molar-refractivity contribution in [3.63, 3.8) is 0 Å². The first kappa shape index (κ1) is 13.1. The summed E-state index contributed by atoms with van der Waals surface area (Å²) in [5.74, 6) is 6.22. The van der Waals surface area contributed by atoms with Gasteiger partial charge in [-0.2, -0.15) is 0 Å². The molecule has 0 aliphatic rings. The molecule has 0 bridgehead atoms. The van der Waals surface area contributed by atoms with Crippen molar-refractivity contribution in [2.45, 2.75) is 19.8 Å². The van der Waals surface area contributed by atoms with E-state index in [1.54, 1.807) is 0 Å². The third kappa shape index (κ3) is 3.33. The molecule has 0 unspecified atom stereocenters. The van der Waals surface area contributed by atoms with Crippen molar-refractivity contribution < 1.29 is 4.79 Å².